The zero-order chi connectivity index (χ0) is 15.4. The zero-order valence-electron chi connectivity index (χ0n) is 12.6. The van der Waals surface area contributed by atoms with Gasteiger partial charge >= 0.3 is 0 Å². The summed E-state index contributed by atoms with van der Waals surface area (Å²) in [5, 5.41) is 2.63. The molecule has 1 aromatic rings. The Morgan fingerprint density at radius 1 is 1.33 bits per heavy atom. The quantitative estimate of drug-likeness (QED) is 0.919. The minimum Gasteiger partial charge on any atom is -0.381 e. The maximum Gasteiger partial charge on any atom is 0.254 e. The minimum atomic E-state index is -0.718. The van der Waals surface area contributed by atoms with Gasteiger partial charge in [-0.2, -0.15) is 0 Å². The van der Waals surface area contributed by atoms with Gasteiger partial charge in [0, 0.05) is 25.2 Å². The van der Waals surface area contributed by atoms with E-state index in [0.717, 1.165) is 31.4 Å². The molecule has 0 aliphatic carbocycles. The Balaban J connectivity index is 2.19. The highest BCUT2D eigenvalue weighted by Gasteiger charge is 2.25. The fraction of sp³-hybridized carbons (Fsp3) is 0.562. The smallest absolute Gasteiger partial charge is 0.254 e. The van der Waals surface area contributed by atoms with Crippen LogP contribution in [0, 0.1) is 17.6 Å². The first-order chi connectivity index (χ1) is 10.1. The molecule has 1 saturated heterocycles. The Kier molecular flexibility index (Phi) is 5.15. The molecule has 1 unspecified atom stereocenters. The van der Waals surface area contributed by atoms with Crippen molar-refractivity contribution >= 4 is 11.6 Å². The van der Waals surface area contributed by atoms with Crippen LogP contribution in [0.2, 0.25) is 0 Å². The minimum absolute atomic E-state index is 0.0865. The van der Waals surface area contributed by atoms with Crippen LogP contribution in [-0.2, 0) is 0 Å². The molecule has 2 rings (SSSR count). The Hall–Kier alpha value is -1.65. The van der Waals surface area contributed by atoms with Gasteiger partial charge in [-0.15, -0.1) is 0 Å². The highest BCUT2D eigenvalue weighted by atomic mass is 19.1. The standard InChI is InChI=1S/C16H22F2N2O/c1-3-11-6-5-7-20(10-11)16(21)12-8-13(17)15(19-4-2)14(18)9-12/h8-9,11,19H,3-7,10H2,1-2H3. The lowest BCUT2D eigenvalue weighted by molar-refractivity contribution is 0.0670. The number of halogens is 2. The Morgan fingerprint density at radius 2 is 2.00 bits per heavy atom. The molecular formula is C16H22F2N2O. The van der Waals surface area contributed by atoms with Crippen LogP contribution in [0.25, 0.3) is 0 Å². The number of likely N-dealkylation sites (tertiary alicyclic amines) is 1. The van der Waals surface area contributed by atoms with Crippen LogP contribution < -0.4 is 5.32 Å². The second kappa shape index (κ2) is 6.87. The van der Waals surface area contributed by atoms with Crippen LogP contribution in [0.5, 0.6) is 0 Å². The van der Waals surface area contributed by atoms with Crippen molar-refractivity contribution < 1.29 is 13.6 Å². The van der Waals surface area contributed by atoms with E-state index in [9.17, 15) is 13.6 Å². The number of rotatable bonds is 4. The van der Waals surface area contributed by atoms with Gasteiger partial charge < -0.3 is 10.2 Å². The van der Waals surface area contributed by atoms with E-state index in [0.29, 0.717) is 25.6 Å². The van der Waals surface area contributed by atoms with Gasteiger partial charge in [0.1, 0.15) is 17.3 Å². The first-order valence-corrected chi connectivity index (χ1v) is 7.59. The van der Waals surface area contributed by atoms with Crippen molar-refractivity contribution in [2.45, 2.75) is 33.1 Å². The molecule has 116 valence electrons. The maximum atomic E-state index is 13.9. The lowest BCUT2D eigenvalue weighted by Gasteiger charge is -2.32. The number of anilines is 1. The van der Waals surface area contributed by atoms with Crippen molar-refractivity contribution in [2.24, 2.45) is 5.92 Å². The van der Waals surface area contributed by atoms with Crippen LogP contribution in [0.3, 0.4) is 0 Å². The molecule has 0 aromatic heterocycles. The topological polar surface area (TPSA) is 32.3 Å². The zero-order valence-corrected chi connectivity index (χ0v) is 12.6. The summed E-state index contributed by atoms with van der Waals surface area (Å²) in [6.07, 6.45) is 3.08. The number of carbonyl (C=O) groups is 1. The van der Waals surface area contributed by atoms with Gasteiger partial charge in [-0.25, -0.2) is 8.78 Å². The summed E-state index contributed by atoms with van der Waals surface area (Å²) in [7, 11) is 0. The third-order valence-corrected chi connectivity index (χ3v) is 4.03. The summed E-state index contributed by atoms with van der Waals surface area (Å²) >= 11 is 0. The molecule has 1 heterocycles. The summed E-state index contributed by atoms with van der Waals surface area (Å²) in [5.41, 5.74) is -0.0810. The average Bonchev–Trinajstić information content (AvgIpc) is 2.50. The highest BCUT2D eigenvalue weighted by molar-refractivity contribution is 5.94. The van der Waals surface area contributed by atoms with Gasteiger partial charge in [-0.3, -0.25) is 4.79 Å². The summed E-state index contributed by atoms with van der Waals surface area (Å²) in [6, 6.07) is 2.25. The second-order valence-electron chi connectivity index (χ2n) is 5.51. The number of nitrogens with one attached hydrogen (secondary N) is 1. The van der Waals surface area contributed by atoms with E-state index in [2.05, 4.69) is 12.2 Å². The van der Waals surface area contributed by atoms with E-state index < -0.39 is 11.6 Å². The predicted molar refractivity (Wildman–Crippen MR) is 79.4 cm³/mol. The number of hydrogen-bond acceptors (Lipinski definition) is 2. The molecule has 0 radical (unpaired) electrons. The fourth-order valence-electron chi connectivity index (χ4n) is 2.81. The first-order valence-electron chi connectivity index (χ1n) is 7.59. The molecule has 1 aliphatic rings. The molecule has 0 saturated carbocycles. The van der Waals surface area contributed by atoms with Crippen molar-refractivity contribution in [3.05, 3.63) is 29.3 Å². The van der Waals surface area contributed by atoms with Crippen LogP contribution in [0.1, 0.15) is 43.5 Å². The van der Waals surface area contributed by atoms with Crippen molar-refractivity contribution in [2.75, 3.05) is 25.0 Å². The number of amides is 1. The first kappa shape index (κ1) is 15.7. The van der Waals surface area contributed by atoms with E-state index in [1.54, 1.807) is 11.8 Å². The van der Waals surface area contributed by atoms with E-state index in [4.69, 9.17) is 0 Å². The van der Waals surface area contributed by atoms with E-state index in [-0.39, 0.29) is 17.2 Å². The van der Waals surface area contributed by atoms with Crippen molar-refractivity contribution in [1.29, 1.82) is 0 Å². The highest BCUT2D eigenvalue weighted by Crippen LogP contribution is 2.24. The van der Waals surface area contributed by atoms with Gasteiger partial charge in [0.2, 0.25) is 0 Å². The number of nitrogens with zero attached hydrogens (tertiary/aromatic N) is 1. The molecule has 1 aromatic carbocycles. The predicted octanol–water partition coefficient (Wildman–Crippen LogP) is 3.66. The summed E-state index contributed by atoms with van der Waals surface area (Å²) in [4.78, 5) is 14.1. The molecule has 1 amide bonds. The van der Waals surface area contributed by atoms with Gasteiger partial charge in [0.25, 0.3) is 5.91 Å². The van der Waals surface area contributed by atoms with Crippen LogP contribution in [0.4, 0.5) is 14.5 Å². The Bertz CT molecular complexity index is 496. The molecule has 0 spiro atoms. The third-order valence-electron chi connectivity index (χ3n) is 4.03. The molecule has 21 heavy (non-hydrogen) atoms. The Morgan fingerprint density at radius 3 is 2.57 bits per heavy atom. The fourth-order valence-corrected chi connectivity index (χ4v) is 2.81. The normalized spacial score (nSPS) is 18.7. The summed E-state index contributed by atoms with van der Waals surface area (Å²) < 4.78 is 27.8. The Labute approximate surface area is 124 Å². The second-order valence-corrected chi connectivity index (χ2v) is 5.51. The van der Waals surface area contributed by atoms with Crippen LogP contribution in [0.15, 0.2) is 12.1 Å². The molecule has 1 atom stereocenters. The van der Waals surface area contributed by atoms with E-state index in [1.165, 1.54) is 0 Å². The molecule has 1 aliphatic heterocycles. The molecule has 1 N–H and O–H groups in total. The molecule has 3 nitrogen and oxygen atoms in total. The monoisotopic (exact) mass is 296 g/mol. The van der Waals surface area contributed by atoms with Crippen LogP contribution in [-0.4, -0.2) is 30.4 Å². The number of carbonyl (C=O) groups excluding carboxylic acids is 1. The molecular weight excluding hydrogens is 274 g/mol. The lowest BCUT2D eigenvalue weighted by atomic mass is 9.95. The van der Waals surface area contributed by atoms with Gasteiger partial charge in [-0.05, 0) is 37.8 Å². The number of benzene rings is 1. The van der Waals surface area contributed by atoms with Crippen molar-refractivity contribution in [1.82, 2.24) is 4.90 Å². The largest absolute Gasteiger partial charge is 0.381 e. The maximum absolute atomic E-state index is 13.9. The van der Waals surface area contributed by atoms with E-state index >= 15 is 0 Å². The SMILES string of the molecule is CCNc1c(F)cc(C(=O)N2CCCC(CC)C2)cc1F. The van der Waals surface area contributed by atoms with Gasteiger partial charge in [0.05, 0.1) is 0 Å². The third kappa shape index (κ3) is 3.52. The van der Waals surface area contributed by atoms with E-state index in [1.807, 2.05) is 0 Å². The van der Waals surface area contributed by atoms with Gasteiger partial charge in [-0.1, -0.05) is 13.3 Å². The average molecular weight is 296 g/mol. The van der Waals surface area contributed by atoms with Crippen LogP contribution >= 0.6 is 0 Å². The van der Waals surface area contributed by atoms with Crippen molar-refractivity contribution in [3.63, 3.8) is 0 Å². The molecule has 0 bridgehead atoms. The number of piperidine rings is 1. The summed E-state index contributed by atoms with van der Waals surface area (Å²) in [6.45, 7) is 5.62. The van der Waals surface area contributed by atoms with Crippen molar-refractivity contribution in [3.8, 4) is 0 Å². The van der Waals surface area contributed by atoms with Gasteiger partial charge in [0.15, 0.2) is 0 Å². The molecule has 1 fully saturated rings. The number of hydrogen-bond donors (Lipinski definition) is 1. The molecule has 5 heteroatoms. The lowest BCUT2D eigenvalue weighted by Crippen LogP contribution is -2.39. The summed E-state index contributed by atoms with van der Waals surface area (Å²) in [5.74, 6) is -1.24.